The largest absolute Gasteiger partial charge is 0.416 e. The zero-order valence-electron chi connectivity index (χ0n) is 11.9. The number of halogens is 3. The van der Waals surface area contributed by atoms with Gasteiger partial charge in [0.2, 0.25) is 0 Å². The van der Waals surface area contributed by atoms with Crippen molar-refractivity contribution in [2.24, 2.45) is 0 Å². The van der Waals surface area contributed by atoms with Crippen LogP contribution in [0.1, 0.15) is 35.2 Å². The molecule has 1 aromatic heterocycles. The molecule has 112 valence electrons. The molecule has 2 rings (SSSR count). The van der Waals surface area contributed by atoms with Gasteiger partial charge in [-0.3, -0.25) is 4.98 Å². The van der Waals surface area contributed by atoms with Crippen molar-refractivity contribution in [1.82, 2.24) is 10.3 Å². The Morgan fingerprint density at radius 1 is 1.24 bits per heavy atom. The van der Waals surface area contributed by atoms with Gasteiger partial charge >= 0.3 is 6.18 Å². The summed E-state index contributed by atoms with van der Waals surface area (Å²) in [6, 6.07) is 7.15. The second-order valence-corrected chi connectivity index (χ2v) is 5.03. The van der Waals surface area contributed by atoms with Crippen LogP contribution in [0.25, 0.3) is 0 Å². The molecule has 2 aromatic rings. The highest BCUT2D eigenvalue weighted by atomic mass is 19.4. The average molecular weight is 294 g/mol. The SMILES string of the molecule is Cc1cnccc1CNC(C)c1cccc(C(F)(F)F)c1. The Morgan fingerprint density at radius 3 is 2.67 bits per heavy atom. The van der Waals surface area contributed by atoms with Gasteiger partial charge in [0.1, 0.15) is 0 Å². The lowest BCUT2D eigenvalue weighted by Crippen LogP contribution is -2.19. The topological polar surface area (TPSA) is 24.9 Å². The molecule has 21 heavy (non-hydrogen) atoms. The maximum atomic E-state index is 12.7. The number of aryl methyl sites for hydroxylation is 1. The van der Waals surface area contributed by atoms with Crippen LogP contribution in [0.5, 0.6) is 0 Å². The molecule has 0 saturated carbocycles. The van der Waals surface area contributed by atoms with Crippen LogP contribution in [0.2, 0.25) is 0 Å². The molecule has 2 nitrogen and oxygen atoms in total. The Balaban J connectivity index is 2.07. The van der Waals surface area contributed by atoms with Crippen LogP contribution in [0, 0.1) is 6.92 Å². The van der Waals surface area contributed by atoms with E-state index in [2.05, 4.69) is 10.3 Å². The van der Waals surface area contributed by atoms with E-state index < -0.39 is 11.7 Å². The average Bonchev–Trinajstić information content (AvgIpc) is 2.45. The molecule has 0 aliphatic heterocycles. The first-order valence-corrected chi connectivity index (χ1v) is 6.68. The molecule has 0 spiro atoms. The molecule has 1 heterocycles. The lowest BCUT2D eigenvalue weighted by atomic mass is 10.0. The van der Waals surface area contributed by atoms with Gasteiger partial charge in [-0.15, -0.1) is 0 Å². The van der Waals surface area contributed by atoms with Gasteiger partial charge in [-0.1, -0.05) is 12.1 Å². The predicted molar refractivity (Wildman–Crippen MR) is 75.7 cm³/mol. The van der Waals surface area contributed by atoms with E-state index in [1.165, 1.54) is 12.1 Å². The van der Waals surface area contributed by atoms with Crippen molar-refractivity contribution in [2.45, 2.75) is 32.6 Å². The molecule has 0 aliphatic rings. The summed E-state index contributed by atoms with van der Waals surface area (Å²) in [5.41, 5.74) is 2.15. The summed E-state index contributed by atoms with van der Waals surface area (Å²) in [6.07, 6.45) is -0.831. The quantitative estimate of drug-likeness (QED) is 0.911. The molecule has 0 bridgehead atoms. The van der Waals surface area contributed by atoms with E-state index in [1.807, 2.05) is 19.9 Å². The molecule has 1 unspecified atom stereocenters. The van der Waals surface area contributed by atoms with Crippen LogP contribution in [0.15, 0.2) is 42.7 Å². The third-order valence-corrected chi connectivity index (χ3v) is 3.45. The van der Waals surface area contributed by atoms with Crippen molar-refractivity contribution in [2.75, 3.05) is 0 Å². The summed E-state index contributed by atoms with van der Waals surface area (Å²) in [5.74, 6) is 0. The molecule has 0 fully saturated rings. The number of rotatable bonds is 4. The number of hydrogen-bond acceptors (Lipinski definition) is 2. The Bertz CT molecular complexity index is 608. The van der Waals surface area contributed by atoms with E-state index in [1.54, 1.807) is 18.5 Å². The van der Waals surface area contributed by atoms with Gasteiger partial charge in [0.05, 0.1) is 5.56 Å². The van der Waals surface area contributed by atoms with E-state index in [0.29, 0.717) is 12.1 Å². The Hall–Kier alpha value is -1.88. The Kier molecular flexibility index (Phi) is 4.63. The molecular weight excluding hydrogens is 277 g/mol. The van der Waals surface area contributed by atoms with Crippen molar-refractivity contribution >= 4 is 0 Å². The van der Waals surface area contributed by atoms with Gasteiger partial charge in [-0.2, -0.15) is 13.2 Å². The minimum atomic E-state index is -4.31. The van der Waals surface area contributed by atoms with Crippen LogP contribution >= 0.6 is 0 Å². The van der Waals surface area contributed by atoms with Crippen molar-refractivity contribution in [3.05, 3.63) is 65.0 Å². The normalized spacial score (nSPS) is 13.2. The lowest BCUT2D eigenvalue weighted by molar-refractivity contribution is -0.137. The minimum absolute atomic E-state index is 0.167. The van der Waals surface area contributed by atoms with Gasteiger partial charge in [-0.05, 0) is 48.7 Å². The second-order valence-electron chi connectivity index (χ2n) is 5.03. The summed E-state index contributed by atoms with van der Waals surface area (Å²) in [6.45, 7) is 4.40. The zero-order valence-corrected chi connectivity index (χ0v) is 11.9. The molecule has 1 atom stereocenters. The Labute approximate surface area is 122 Å². The van der Waals surface area contributed by atoms with E-state index in [4.69, 9.17) is 0 Å². The second kappa shape index (κ2) is 6.26. The fourth-order valence-electron chi connectivity index (χ4n) is 2.07. The third kappa shape index (κ3) is 4.04. The fraction of sp³-hybridized carbons (Fsp3) is 0.312. The standard InChI is InChI=1S/C16H17F3N2/c1-11-9-20-7-6-14(11)10-21-12(2)13-4-3-5-15(8-13)16(17,18)19/h3-9,12,21H,10H2,1-2H3. The van der Waals surface area contributed by atoms with E-state index >= 15 is 0 Å². The maximum Gasteiger partial charge on any atom is 0.416 e. The first kappa shape index (κ1) is 15.5. The van der Waals surface area contributed by atoms with Gasteiger partial charge in [-0.25, -0.2) is 0 Å². The smallest absolute Gasteiger partial charge is 0.306 e. The first-order chi connectivity index (χ1) is 9.88. The highest BCUT2D eigenvalue weighted by molar-refractivity contribution is 5.28. The van der Waals surface area contributed by atoms with E-state index in [0.717, 1.165) is 17.2 Å². The number of nitrogens with zero attached hydrogens (tertiary/aromatic N) is 1. The molecule has 5 heteroatoms. The van der Waals surface area contributed by atoms with E-state index in [-0.39, 0.29) is 6.04 Å². The number of hydrogen-bond donors (Lipinski definition) is 1. The fourth-order valence-corrected chi connectivity index (χ4v) is 2.07. The zero-order chi connectivity index (χ0) is 15.5. The van der Waals surface area contributed by atoms with Crippen molar-refractivity contribution in [1.29, 1.82) is 0 Å². The molecule has 0 radical (unpaired) electrons. The Morgan fingerprint density at radius 2 is 2.00 bits per heavy atom. The summed E-state index contributed by atoms with van der Waals surface area (Å²) in [7, 11) is 0. The van der Waals surface area contributed by atoms with E-state index in [9.17, 15) is 13.2 Å². The molecule has 0 amide bonds. The van der Waals surface area contributed by atoms with Gasteiger partial charge in [0.25, 0.3) is 0 Å². The molecule has 0 aliphatic carbocycles. The van der Waals surface area contributed by atoms with Gasteiger partial charge < -0.3 is 5.32 Å². The third-order valence-electron chi connectivity index (χ3n) is 3.45. The number of aromatic nitrogens is 1. The van der Waals surface area contributed by atoms with Crippen LogP contribution in [0.4, 0.5) is 13.2 Å². The highest BCUT2D eigenvalue weighted by Gasteiger charge is 2.30. The first-order valence-electron chi connectivity index (χ1n) is 6.68. The molecular formula is C16H17F3N2. The van der Waals surface area contributed by atoms with Crippen molar-refractivity contribution < 1.29 is 13.2 Å². The summed E-state index contributed by atoms with van der Waals surface area (Å²) in [5, 5.41) is 3.24. The van der Waals surface area contributed by atoms with Crippen molar-refractivity contribution in [3.63, 3.8) is 0 Å². The number of nitrogens with one attached hydrogen (secondary N) is 1. The summed E-state index contributed by atoms with van der Waals surface area (Å²) < 4.78 is 38.1. The number of pyridine rings is 1. The van der Waals surface area contributed by atoms with Gasteiger partial charge in [0.15, 0.2) is 0 Å². The number of alkyl halides is 3. The lowest BCUT2D eigenvalue weighted by Gasteiger charge is -2.17. The van der Waals surface area contributed by atoms with Gasteiger partial charge in [0, 0.05) is 25.0 Å². The van der Waals surface area contributed by atoms with Crippen LogP contribution in [-0.4, -0.2) is 4.98 Å². The maximum absolute atomic E-state index is 12.7. The highest BCUT2D eigenvalue weighted by Crippen LogP contribution is 2.30. The van der Waals surface area contributed by atoms with Crippen LogP contribution in [0.3, 0.4) is 0 Å². The number of benzene rings is 1. The van der Waals surface area contributed by atoms with Crippen LogP contribution in [-0.2, 0) is 12.7 Å². The monoisotopic (exact) mass is 294 g/mol. The molecule has 0 saturated heterocycles. The predicted octanol–water partition coefficient (Wildman–Crippen LogP) is 4.26. The minimum Gasteiger partial charge on any atom is -0.306 e. The summed E-state index contributed by atoms with van der Waals surface area (Å²) in [4.78, 5) is 4.02. The molecule has 1 N–H and O–H groups in total. The summed E-state index contributed by atoms with van der Waals surface area (Å²) >= 11 is 0. The van der Waals surface area contributed by atoms with Crippen molar-refractivity contribution in [3.8, 4) is 0 Å². The molecule has 1 aromatic carbocycles. The van der Waals surface area contributed by atoms with Crippen LogP contribution < -0.4 is 5.32 Å².